The third-order valence-electron chi connectivity index (χ3n) is 1.35. The van der Waals surface area contributed by atoms with Gasteiger partial charge in [0, 0.05) is 0 Å². The second-order valence-electron chi connectivity index (χ2n) is 2.58. The minimum Gasteiger partial charge on any atom is -0.480 e. The van der Waals surface area contributed by atoms with Gasteiger partial charge in [-0.3, -0.25) is 4.79 Å². The molecule has 0 bridgehead atoms. The molecule has 1 heterocycles. The summed E-state index contributed by atoms with van der Waals surface area (Å²) in [5.74, 6) is -0.963. The Bertz CT molecular complexity index is 103. The van der Waals surface area contributed by atoms with E-state index in [-0.39, 0.29) is 0 Å². The number of rotatable bonds is 1. The summed E-state index contributed by atoms with van der Waals surface area (Å²) in [6.07, 6.45) is 2.78. The molecule has 0 amide bonds. The van der Waals surface area contributed by atoms with Gasteiger partial charge in [-0.1, -0.05) is 0 Å². The Labute approximate surface area is 66.8 Å². The van der Waals surface area contributed by atoms with Crippen LogP contribution in [0.4, 0.5) is 0 Å². The van der Waals surface area contributed by atoms with Crippen LogP contribution in [0.3, 0.4) is 0 Å². The number of carboxylic acids is 1. The Hall–Kier alpha value is -0.610. The molecule has 0 radical (unpaired) electrons. The summed E-state index contributed by atoms with van der Waals surface area (Å²) in [5.41, 5.74) is 4.84. The van der Waals surface area contributed by atoms with Gasteiger partial charge in [0.15, 0.2) is 0 Å². The van der Waals surface area contributed by atoms with Gasteiger partial charge in [0.25, 0.3) is 0 Å². The molecule has 0 aliphatic carbocycles. The van der Waals surface area contributed by atoms with Crippen LogP contribution in [0.15, 0.2) is 0 Å². The van der Waals surface area contributed by atoms with Gasteiger partial charge < -0.3 is 16.2 Å². The topological polar surface area (TPSA) is 75.3 Å². The zero-order valence-electron chi connectivity index (χ0n) is 6.84. The van der Waals surface area contributed by atoms with Crippen LogP contribution < -0.4 is 11.1 Å². The molecular weight excluding hydrogens is 144 g/mol. The highest BCUT2D eigenvalue weighted by Crippen LogP contribution is 1.90. The van der Waals surface area contributed by atoms with E-state index in [0.29, 0.717) is 0 Å². The number of aliphatic carboxylic acids is 1. The first-order valence-corrected chi connectivity index (χ1v) is 3.83. The third-order valence-corrected chi connectivity index (χ3v) is 1.35. The summed E-state index contributed by atoms with van der Waals surface area (Å²) in [6.45, 7) is 3.92. The van der Waals surface area contributed by atoms with Gasteiger partial charge in [-0.2, -0.15) is 0 Å². The molecule has 0 spiro atoms. The molecule has 11 heavy (non-hydrogen) atoms. The van der Waals surface area contributed by atoms with Crippen molar-refractivity contribution in [2.75, 3.05) is 13.1 Å². The molecule has 1 saturated heterocycles. The Morgan fingerprint density at radius 1 is 1.55 bits per heavy atom. The summed E-state index contributed by atoms with van der Waals surface area (Å²) in [5, 5.41) is 11.1. The number of hydrogen-bond donors (Lipinski definition) is 3. The maximum atomic E-state index is 9.57. The molecule has 1 unspecified atom stereocenters. The summed E-state index contributed by atoms with van der Waals surface area (Å²) < 4.78 is 0. The van der Waals surface area contributed by atoms with Crippen molar-refractivity contribution < 1.29 is 9.90 Å². The molecule has 4 N–H and O–H groups in total. The average Bonchev–Trinajstić information content (AvgIpc) is 2.41. The lowest BCUT2D eigenvalue weighted by Gasteiger charge is -1.90. The predicted octanol–water partition coefficient (Wildman–Crippen LogP) is -0.212. The van der Waals surface area contributed by atoms with Gasteiger partial charge in [-0.05, 0) is 32.9 Å². The highest BCUT2D eigenvalue weighted by atomic mass is 16.4. The molecule has 4 heteroatoms. The number of hydrogen-bond acceptors (Lipinski definition) is 3. The highest BCUT2D eigenvalue weighted by Gasteiger charge is 1.99. The van der Waals surface area contributed by atoms with E-state index in [1.807, 2.05) is 0 Å². The van der Waals surface area contributed by atoms with Crippen LogP contribution in [-0.2, 0) is 4.79 Å². The minimum absolute atomic E-state index is 0.731. The molecule has 0 aromatic rings. The van der Waals surface area contributed by atoms with Crippen molar-refractivity contribution in [1.29, 1.82) is 0 Å². The molecule has 1 aliphatic rings. The lowest BCUT2D eigenvalue weighted by molar-refractivity contribution is -0.138. The van der Waals surface area contributed by atoms with E-state index in [1.165, 1.54) is 32.9 Å². The van der Waals surface area contributed by atoms with Crippen molar-refractivity contribution in [1.82, 2.24) is 5.32 Å². The smallest absolute Gasteiger partial charge is 0.320 e. The fourth-order valence-electron chi connectivity index (χ4n) is 0.625. The maximum Gasteiger partial charge on any atom is 0.320 e. The van der Waals surface area contributed by atoms with Gasteiger partial charge in [0.2, 0.25) is 0 Å². The van der Waals surface area contributed by atoms with Crippen molar-refractivity contribution >= 4 is 5.97 Å². The van der Waals surface area contributed by atoms with Crippen LogP contribution in [0.5, 0.6) is 0 Å². The molecule has 0 aromatic heterocycles. The summed E-state index contributed by atoms with van der Waals surface area (Å²) in [4.78, 5) is 9.57. The molecule has 4 nitrogen and oxygen atoms in total. The van der Waals surface area contributed by atoms with Crippen molar-refractivity contribution in [2.45, 2.75) is 25.8 Å². The van der Waals surface area contributed by atoms with E-state index >= 15 is 0 Å². The predicted molar refractivity (Wildman–Crippen MR) is 43.4 cm³/mol. The number of carbonyl (C=O) groups is 1. The molecule has 0 aromatic carbocycles. The standard InChI is InChI=1S/C4H9N.C3H7NO2/c1-2-4-5-3-1;1-2(4)3(5)6/h5H,1-4H2;2H,4H2,1H3,(H,5,6). The summed E-state index contributed by atoms with van der Waals surface area (Å²) >= 11 is 0. The number of nitrogens with two attached hydrogens (primary N) is 1. The SMILES string of the molecule is C1CCNC1.CC(N)C(=O)O. The molecule has 1 atom stereocenters. The van der Waals surface area contributed by atoms with Gasteiger partial charge >= 0.3 is 5.97 Å². The van der Waals surface area contributed by atoms with Gasteiger partial charge in [-0.25, -0.2) is 0 Å². The fourth-order valence-corrected chi connectivity index (χ4v) is 0.625. The second-order valence-corrected chi connectivity index (χ2v) is 2.58. The van der Waals surface area contributed by atoms with E-state index < -0.39 is 12.0 Å². The zero-order chi connectivity index (χ0) is 8.69. The van der Waals surface area contributed by atoms with E-state index in [4.69, 9.17) is 10.8 Å². The molecule has 1 aliphatic heterocycles. The Kier molecular flexibility index (Phi) is 5.78. The van der Waals surface area contributed by atoms with E-state index in [9.17, 15) is 4.79 Å². The lowest BCUT2D eigenvalue weighted by atomic mass is 10.4. The van der Waals surface area contributed by atoms with Crippen LogP contribution >= 0.6 is 0 Å². The van der Waals surface area contributed by atoms with E-state index in [2.05, 4.69) is 5.32 Å². The number of nitrogens with one attached hydrogen (secondary N) is 1. The summed E-state index contributed by atoms with van der Waals surface area (Å²) in [7, 11) is 0. The molecule has 66 valence electrons. The Balaban J connectivity index is 0.000000183. The quantitative estimate of drug-likeness (QED) is 0.496. The van der Waals surface area contributed by atoms with Crippen LogP contribution in [0, 0.1) is 0 Å². The maximum absolute atomic E-state index is 9.57. The van der Waals surface area contributed by atoms with Crippen molar-refractivity contribution in [3.05, 3.63) is 0 Å². The van der Waals surface area contributed by atoms with Crippen molar-refractivity contribution in [3.63, 3.8) is 0 Å². The normalized spacial score (nSPS) is 18.4. The molecule has 0 saturated carbocycles. The first-order chi connectivity index (χ1) is 5.14. The first-order valence-electron chi connectivity index (χ1n) is 3.83. The van der Waals surface area contributed by atoms with Crippen LogP contribution in [0.25, 0.3) is 0 Å². The molecule has 1 fully saturated rings. The zero-order valence-corrected chi connectivity index (χ0v) is 6.84. The summed E-state index contributed by atoms with van der Waals surface area (Å²) in [6, 6.07) is -0.731. The van der Waals surface area contributed by atoms with E-state index in [0.717, 1.165) is 0 Å². The van der Waals surface area contributed by atoms with Gasteiger partial charge in [0.1, 0.15) is 6.04 Å². The first kappa shape index (κ1) is 10.4. The van der Waals surface area contributed by atoms with E-state index in [1.54, 1.807) is 0 Å². The van der Waals surface area contributed by atoms with Crippen LogP contribution in [0.1, 0.15) is 19.8 Å². The van der Waals surface area contributed by atoms with Gasteiger partial charge in [0.05, 0.1) is 0 Å². The number of carboxylic acid groups (broad SMARTS) is 1. The molecule has 1 rings (SSSR count). The third kappa shape index (κ3) is 7.29. The largest absolute Gasteiger partial charge is 0.480 e. The fraction of sp³-hybridized carbons (Fsp3) is 0.857. The lowest BCUT2D eigenvalue weighted by Crippen LogP contribution is -2.25. The molecular formula is C7H16N2O2. The van der Waals surface area contributed by atoms with Crippen LogP contribution in [-0.4, -0.2) is 30.2 Å². The monoisotopic (exact) mass is 160 g/mol. The van der Waals surface area contributed by atoms with Crippen molar-refractivity contribution in [2.24, 2.45) is 5.73 Å². The second kappa shape index (κ2) is 6.12. The minimum atomic E-state index is -0.963. The van der Waals surface area contributed by atoms with Crippen molar-refractivity contribution in [3.8, 4) is 0 Å². The Morgan fingerprint density at radius 3 is 2.00 bits per heavy atom. The van der Waals surface area contributed by atoms with Gasteiger partial charge in [-0.15, -0.1) is 0 Å². The highest BCUT2D eigenvalue weighted by molar-refractivity contribution is 5.72. The average molecular weight is 160 g/mol. The van der Waals surface area contributed by atoms with Crippen LogP contribution in [0.2, 0.25) is 0 Å². The Morgan fingerprint density at radius 2 is 1.91 bits per heavy atom.